The van der Waals surface area contributed by atoms with Gasteiger partial charge in [0.05, 0.1) is 18.5 Å². The van der Waals surface area contributed by atoms with Gasteiger partial charge in [0.15, 0.2) is 11.5 Å². The van der Waals surface area contributed by atoms with Gasteiger partial charge in [-0.05, 0) is 11.7 Å². The maximum absolute atomic E-state index is 5.45. The van der Waals surface area contributed by atoms with Gasteiger partial charge in [0.25, 0.3) is 5.89 Å². The van der Waals surface area contributed by atoms with Gasteiger partial charge in [-0.1, -0.05) is 24.2 Å². The summed E-state index contributed by atoms with van der Waals surface area (Å²) in [6, 6.07) is 0. The average Bonchev–Trinajstić information content (AvgIpc) is 2.98. The molecule has 0 saturated carbocycles. The number of aromatic nitrogens is 5. The summed E-state index contributed by atoms with van der Waals surface area (Å²) < 4.78 is 6.84. The lowest BCUT2D eigenvalue weighted by molar-refractivity contribution is 0.424. The third-order valence-corrected chi connectivity index (χ3v) is 3.63. The van der Waals surface area contributed by atoms with Gasteiger partial charge in [0.1, 0.15) is 0 Å². The van der Waals surface area contributed by atoms with Crippen molar-refractivity contribution in [2.75, 3.05) is 12.3 Å². The molecule has 2 aromatic heterocycles. The highest BCUT2D eigenvalue weighted by Gasteiger charge is 2.12. The number of hydrogen-bond donors (Lipinski definition) is 1. The van der Waals surface area contributed by atoms with Crippen LogP contribution in [0.5, 0.6) is 0 Å². The summed E-state index contributed by atoms with van der Waals surface area (Å²) in [5.74, 6) is 3.58. The third kappa shape index (κ3) is 4.03. The van der Waals surface area contributed by atoms with Crippen molar-refractivity contribution < 1.29 is 4.52 Å². The van der Waals surface area contributed by atoms with Gasteiger partial charge in [-0.2, -0.15) is 16.7 Å². The fourth-order valence-corrected chi connectivity index (χ4v) is 2.33. The summed E-state index contributed by atoms with van der Waals surface area (Å²) in [6.45, 7) is 5.51. The lowest BCUT2D eigenvalue weighted by Gasteiger charge is -2.00. The lowest BCUT2D eigenvalue weighted by atomic mass is 10.3. The van der Waals surface area contributed by atoms with Crippen molar-refractivity contribution in [1.82, 2.24) is 25.1 Å². The van der Waals surface area contributed by atoms with Gasteiger partial charge in [-0.25, -0.2) is 0 Å². The van der Waals surface area contributed by atoms with Gasteiger partial charge < -0.3 is 10.3 Å². The van der Waals surface area contributed by atoms with Crippen LogP contribution in [0.15, 0.2) is 10.7 Å². The Morgan fingerprint density at radius 3 is 3.05 bits per heavy atom. The fraction of sp³-hybridized carbons (Fsp3) is 0.636. The molecule has 2 N–H and O–H groups in total. The minimum absolute atomic E-state index is 0.406. The Hall–Kier alpha value is -1.41. The third-order valence-electron chi connectivity index (χ3n) is 2.27. The molecule has 0 radical (unpaired) electrons. The van der Waals surface area contributed by atoms with Crippen LogP contribution in [0.2, 0.25) is 0 Å². The Labute approximate surface area is 115 Å². The van der Waals surface area contributed by atoms with E-state index in [1.54, 1.807) is 22.6 Å². The molecule has 0 bridgehead atoms. The Kier molecular flexibility index (Phi) is 4.92. The molecule has 19 heavy (non-hydrogen) atoms. The molecule has 0 saturated heterocycles. The van der Waals surface area contributed by atoms with Gasteiger partial charge in [0, 0.05) is 6.54 Å². The SMILES string of the molecule is CC(C)CSCc1noc(-c2cn(CCN)nn2)n1. The minimum atomic E-state index is 0.406. The topological polar surface area (TPSA) is 95.7 Å². The summed E-state index contributed by atoms with van der Waals surface area (Å²) in [5, 5.41) is 11.8. The van der Waals surface area contributed by atoms with Crippen LogP contribution in [0.25, 0.3) is 11.6 Å². The van der Waals surface area contributed by atoms with E-state index in [1.807, 2.05) is 0 Å². The maximum atomic E-state index is 5.45. The van der Waals surface area contributed by atoms with Crippen molar-refractivity contribution in [3.05, 3.63) is 12.0 Å². The molecular weight excluding hydrogens is 264 g/mol. The van der Waals surface area contributed by atoms with Crippen molar-refractivity contribution in [3.8, 4) is 11.6 Å². The van der Waals surface area contributed by atoms with Crippen molar-refractivity contribution in [3.63, 3.8) is 0 Å². The number of nitrogens with zero attached hydrogens (tertiary/aromatic N) is 5. The molecule has 0 aromatic carbocycles. The van der Waals surface area contributed by atoms with Crippen LogP contribution >= 0.6 is 11.8 Å². The van der Waals surface area contributed by atoms with Crippen LogP contribution in [0, 0.1) is 5.92 Å². The van der Waals surface area contributed by atoms with Gasteiger partial charge >= 0.3 is 0 Å². The minimum Gasteiger partial charge on any atom is -0.332 e. The molecule has 0 aliphatic rings. The van der Waals surface area contributed by atoms with E-state index in [0.717, 1.165) is 11.5 Å². The lowest BCUT2D eigenvalue weighted by Crippen LogP contribution is -2.10. The molecule has 0 spiro atoms. The Balaban J connectivity index is 1.95. The molecule has 104 valence electrons. The van der Waals surface area contributed by atoms with Crippen molar-refractivity contribution in [2.24, 2.45) is 11.7 Å². The number of hydrogen-bond acceptors (Lipinski definition) is 7. The number of thioether (sulfide) groups is 1. The quantitative estimate of drug-likeness (QED) is 0.814. The molecule has 0 amide bonds. The van der Waals surface area contributed by atoms with Crippen LogP contribution in [0.4, 0.5) is 0 Å². The molecule has 0 aliphatic heterocycles. The maximum Gasteiger partial charge on any atom is 0.280 e. The fourth-order valence-electron chi connectivity index (χ4n) is 1.44. The number of nitrogens with two attached hydrogens (primary N) is 1. The molecule has 7 nitrogen and oxygen atoms in total. The predicted molar refractivity (Wildman–Crippen MR) is 73.4 cm³/mol. The van der Waals surface area contributed by atoms with Crippen molar-refractivity contribution >= 4 is 11.8 Å². The molecule has 2 rings (SSSR count). The molecule has 0 aliphatic carbocycles. The second-order valence-electron chi connectivity index (χ2n) is 4.58. The van der Waals surface area contributed by atoms with Crippen molar-refractivity contribution in [1.29, 1.82) is 0 Å². The first kappa shape index (κ1) is 14.0. The summed E-state index contributed by atoms with van der Waals surface area (Å²) >= 11 is 1.79. The van der Waals surface area contributed by atoms with Crippen LogP contribution in [-0.4, -0.2) is 37.4 Å². The second kappa shape index (κ2) is 6.67. The average molecular weight is 282 g/mol. The zero-order valence-electron chi connectivity index (χ0n) is 11.1. The van der Waals surface area contributed by atoms with E-state index in [9.17, 15) is 0 Å². The monoisotopic (exact) mass is 282 g/mol. The van der Waals surface area contributed by atoms with E-state index in [0.29, 0.717) is 36.4 Å². The predicted octanol–water partition coefficient (Wildman–Crippen LogP) is 1.18. The van der Waals surface area contributed by atoms with Gasteiger partial charge in [-0.3, -0.25) is 4.68 Å². The van der Waals surface area contributed by atoms with Crippen molar-refractivity contribution in [2.45, 2.75) is 26.1 Å². The highest BCUT2D eigenvalue weighted by atomic mass is 32.2. The molecule has 0 atom stereocenters. The zero-order chi connectivity index (χ0) is 13.7. The van der Waals surface area contributed by atoms with E-state index in [1.165, 1.54) is 0 Å². The number of rotatable bonds is 7. The zero-order valence-corrected chi connectivity index (χ0v) is 11.9. The molecule has 0 fully saturated rings. The first-order valence-electron chi connectivity index (χ1n) is 6.20. The van der Waals surface area contributed by atoms with Gasteiger partial charge in [-0.15, -0.1) is 5.10 Å². The Morgan fingerprint density at radius 1 is 1.47 bits per heavy atom. The van der Waals surface area contributed by atoms with Crippen LogP contribution in [0.3, 0.4) is 0 Å². The van der Waals surface area contributed by atoms with E-state index in [4.69, 9.17) is 10.3 Å². The normalized spacial score (nSPS) is 11.4. The molecule has 8 heteroatoms. The molecular formula is C11H18N6OS. The van der Waals surface area contributed by atoms with Gasteiger partial charge in [0.2, 0.25) is 0 Å². The first-order valence-corrected chi connectivity index (χ1v) is 7.35. The Morgan fingerprint density at radius 2 is 2.32 bits per heavy atom. The van der Waals surface area contributed by atoms with E-state index < -0.39 is 0 Å². The second-order valence-corrected chi connectivity index (χ2v) is 5.61. The van der Waals surface area contributed by atoms with Crippen LogP contribution in [0.1, 0.15) is 19.7 Å². The summed E-state index contributed by atoms with van der Waals surface area (Å²) in [5.41, 5.74) is 6.03. The molecule has 2 aromatic rings. The Bertz CT molecular complexity index is 509. The van der Waals surface area contributed by atoms with Crippen LogP contribution in [-0.2, 0) is 12.3 Å². The smallest absolute Gasteiger partial charge is 0.280 e. The molecule has 2 heterocycles. The highest BCUT2D eigenvalue weighted by Crippen LogP contribution is 2.17. The summed E-state index contributed by atoms with van der Waals surface area (Å²) in [7, 11) is 0. The standard InChI is InChI=1S/C11H18N6OS/c1-8(2)6-19-7-10-13-11(18-15-10)9-5-17(4-3-12)16-14-9/h5,8H,3-4,6-7,12H2,1-2H3. The highest BCUT2D eigenvalue weighted by molar-refractivity contribution is 7.98. The van der Waals surface area contributed by atoms with E-state index >= 15 is 0 Å². The van der Waals surface area contributed by atoms with Crippen LogP contribution < -0.4 is 5.73 Å². The first-order chi connectivity index (χ1) is 9.19. The summed E-state index contributed by atoms with van der Waals surface area (Å²) in [4.78, 5) is 4.31. The largest absolute Gasteiger partial charge is 0.332 e. The summed E-state index contributed by atoms with van der Waals surface area (Å²) in [6.07, 6.45) is 1.76. The van der Waals surface area contributed by atoms with E-state index in [2.05, 4.69) is 34.3 Å². The van der Waals surface area contributed by atoms with E-state index in [-0.39, 0.29) is 0 Å². The molecule has 0 unspecified atom stereocenters.